The number of aromatic amines is 1. The monoisotopic (exact) mass is 473 g/mol. The molecule has 0 spiro atoms. The number of aryl methyl sites for hydroxylation is 2. The predicted octanol–water partition coefficient (Wildman–Crippen LogP) is 5.14. The van der Waals surface area contributed by atoms with Crippen LogP contribution in [0.1, 0.15) is 51.5 Å². The Bertz CT molecular complexity index is 1370. The number of hydrogen-bond donors (Lipinski definition) is 2. The summed E-state index contributed by atoms with van der Waals surface area (Å²) in [6, 6.07) is 12.5. The first kappa shape index (κ1) is 22.6. The summed E-state index contributed by atoms with van der Waals surface area (Å²) < 4.78 is 16.8. The molecule has 1 aliphatic heterocycles. The molecule has 8 heteroatoms. The van der Waals surface area contributed by atoms with Crippen LogP contribution in [0.25, 0.3) is 11.3 Å². The number of nitrogens with one attached hydrogen (secondary N) is 1. The number of rotatable bonds is 7. The van der Waals surface area contributed by atoms with Gasteiger partial charge in [-0.25, -0.2) is 0 Å². The van der Waals surface area contributed by atoms with E-state index in [1.165, 1.54) is 0 Å². The minimum Gasteiger partial charge on any atom is -0.507 e. The van der Waals surface area contributed by atoms with Crippen molar-refractivity contribution in [1.82, 2.24) is 15.1 Å². The molecule has 4 aromatic rings. The molecule has 35 heavy (non-hydrogen) atoms. The number of hydrogen-bond acceptors (Lipinski definition) is 6. The Balaban J connectivity index is 1.70. The van der Waals surface area contributed by atoms with E-state index in [-0.39, 0.29) is 18.2 Å². The van der Waals surface area contributed by atoms with Crippen LogP contribution in [0.4, 0.5) is 0 Å². The predicted molar refractivity (Wildman–Crippen MR) is 130 cm³/mol. The van der Waals surface area contributed by atoms with Gasteiger partial charge in [-0.1, -0.05) is 12.1 Å². The molecule has 2 N–H and O–H groups in total. The number of benzene rings is 2. The second-order valence-corrected chi connectivity index (χ2v) is 8.60. The SMILES string of the molecule is CCOc1ccc([C@H]2c3c(-c4c(C)cc(C)cc4O)n[nH]c3C(=O)N2Cc2ccco2)cc1OC. The zero-order chi connectivity index (χ0) is 24.7. The van der Waals surface area contributed by atoms with Crippen molar-refractivity contribution < 1.29 is 23.8 Å². The minimum atomic E-state index is -0.485. The molecular formula is C27H27N3O5. The van der Waals surface area contributed by atoms with E-state index in [0.717, 1.165) is 16.7 Å². The quantitative estimate of drug-likeness (QED) is 0.385. The van der Waals surface area contributed by atoms with E-state index in [0.29, 0.717) is 46.4 Å². The number of phenolic OH excluding ortho intramolecular Hbond substituents is 1. The number of phenols is 1. The van der Waals surface area contributed by atoms with Gasteiger partial charge in [0.25, 0.3) is 5.91 Å². The second kappa shape index (κ2) is 8.87. The van der Waals surface area contributed by atoms with Gasteiger partial charge in [0.05, 0.1) is 32.6 Å². The summed E-state index contributed by atoms with van der Waals surface area (Å²) in [6.07, 6.45) is 1.59. The average molecular weight is 474 g/mol. The molecular weight excluding hydrogens is 446 g/mol. The summed E-state index contributed by atoms with van der Waals surface area (Å²) in [5.41, 5.74) is 4.89. The molecule has 8 nitrogen and oxygen atoms in total. The average Bonchev–Trinajstić information content (AvgIpc) is 3.54. The third-order valence-electron chi connectivity index (χ3n) is 6.27. The Morgan fingerprint density at radius 1 is 1.17 bits per heavy atom. The van der Waals surface area contributed by atoms with Crippen LogP contribution in [0, 0.1) is 13.8 Å². The Kier molecular flexibility index (Phi) is 5.72. The first-order chi connectivity index (χ1) is 16.9. The standard InChI is InChI=1S/C27H27N3O5/c1-5-34-20-9-8-17(13-21(20)33-4)26-23-24(22-16(3)11-15(2)12-19(22)31)28-29-25(23)27(32)30(26)14-18-7-6-10-35-18/h6-13,26,31H,5,14H2,1-4H3,(H,28,29)/t26-/m0/s1. The Morgan fingerprint density at radius 2 is 2.00 bits per heavy atom. The van der Waals surface area contributed by atoms with Gasteiger partial charge in [-0.2, -0.15) is 5.10 Å². The van der Waals surface area contributed by atoms with Crippen molar-refractivity contribution in [2.45, 2.75) is 33.4 Å². The zero-order valence-electron chi connectivity index (χ0n) is 20.1. The van der Waals surface area contributed by atoms with Crippen molar-refractivity contribution in [2.24, 2.45) is 0 Å². The molecule has 0 saturated heterocycles. The highest BCUT2D eigenvalue weighted by molar-refractivity contribution is 6.00. The van der Waals surface area contributed by atoms with Crippen molar-refractivity contribution in [3.8, 4) is 28.5 Å². The Labute approximate surface area is 203 Å². The molecule has 3 heterocycles. The molecule has 5 rings (SSSR count). The fourth-order valence-corrected chi connectivity index (χ4v) is 4.85. The lowest BCUT2D eigenvalue weighted by Crippen LogP contribution is -2.29. The van der Waals surface area contributed by atoms with Crippen molar-refractivity contribution in [3.63, 3.8) is 0 Å². The van der Waals surface area contributed by atoms with Gasteiger partial charge in [-0.05, 0) is 67.8 Å². The van der Waals surface area contributed by atoms with E-state index >= 15 is 0 Å². The highest BCUT2D eigenvalue weighted by Gasteiger charge is 2.43. The van der Waals surface area contributed by atoms with E-state index in [4.69, 9.17) is 13.9 Å². The summed E-state index contributed by atoms with van der Waals surface area (Å²) in [6.45, 7) is 6.54. The fraction of sp³-hybridized carbons (Fsp3) is 0.259. The number of methoxy groups -OCH3 is 1. The number of furan rings is 1. The first-order valence-corrected chi connectivity index (χ1v) is 11.5. The number of carbonyl (C=O) groups excluding carboxylic acids is 1. The lowest BCUT2D eigenvalue weighted by molar-refractivity contribution is 0.0717. The third kappa shape index (κ3) is 3.80. The van der Waals surface area contributed by atoms with Gasteiger partial charge in [-0.15, -0.1) is 0 Å². The molecule has 0 aliphatic carbocycles. The van der Waals surface area contributed by atoms with Crippen LogP contribution in [0.15, 0.2) is 53.1 Å². The first-order valence-electron chi connectivity index (χ1n) is 11.5. The smallest absolute Gasteiger partial charge is 0.273 e. The Morgan fingerprint density at radius 3 is 2.69 bits per heavy atom. The van der Waals surface area contributed by atoms with Gasteiger partial charge < -0.3 is 23.9 Å². The third-order valence-corrected chi connectivity index (χ3v) is 6.27. The van der Waals surface area contributed by atoms with Gasteiger partial charge in [0.15, 0.2) is 11.5 Å². The molecule has 0 fully saturated rings. The van der Waals surface area contributed by atoms with E-state index in [1.54, 1.807) is 30.4 Å². The van der Waals surface area contributed by atoms with Crippen LogP contribution in [-0.4, -0.2) is 39.8 Å². The van der Waals surface area contributed by atoms with Gasteiger partial charge >= 0.3 is 0 Å². The molecule has 1 amide bonds. The van der Waals surface area contributed by atoms with E-state index in [2.05, 4.69) is 10.2 Å². The molecule has 2 aromatic heterocycles. The maximum Gasteiger partial charge on any atom is 0.273 e. The minimum absolute atomic E-state index is 0.122. The number of nitrogens with zero attached hydrogens (tertiary/aromatic N) is 2. The summed E-state index contributed by atoms with van der Waals surface area (Å²) in [5.74, 6) is 1.78. The largest absolute Gasteiger partial charge is 0.507 e. The number of H-pyrrole nitrogens is 1. The fourth-order valence-electron chi connectivity index (χ4n) is 4.85. The molecule has 0 saturated carbocycles. The molecule has 0 bridgehead atoms. The van der Waals surface area contributed by atoms with Crippen LogP contribution < -0.4 is 9.47 Å². The zero-order valence-corrected chi connectivity index (χ0v) is 20.1. The topological polar surface area (TPSA) is 101 Å². The van der Waals surface area contributed by atoms with Crippen LogP contribution >= 0.6 is 0 Å². The lowest BCUT2D eigenvalue weighted by Gasteiger charge is -2.26. The van der Waals surface area contributed by atoms with Crippen molar-refractivity contribution >= 4 is 5.91 Å². The van der Waals surface area contributed by atoms with E-state index in [1.807, 2.05) is 51.1 Å². The maximum absolute atomic E-state index is 13.6. The number of carbonyl (C=O) groups is 1. The molecule has 2 aromatic carbocycles. The van der Waals surface area contributed by atoms with Gasteiger partial charge in [0, 0.05) is 11.1 Å². The van der Waals surface area contributed by atoms with E-state index < -0.39 is 6.04 Å². The van der Waals surface area contributed by atoms with Crippen molar-refractivity contribution in [1.29, 1.82) is 0 Å². The highest BCUT2D eigenvalue weighted by Crippen LogP contribution is 2.47. The molecule has 1 atom stereocenters. The summed E-state index contributed by atoms with van der Waals surface area (Å²) in [7, 11) is 1.59. The number of aromatic hydroxyl groups is 1. The highest BCUT2D eigenvalue weighted by atomic mass is 16.5. The summed E-state index contributed by atoms with van der Waals surface area (Å²) >= 11 is 0. The van der Waals surface area contributed by atoms with Gasteiger partial charge in [0.1, 0.15) is 22.9 Å². The van der Waals surface area contributed by atoms with Gasteiger partial charge in [0.2, 0.25) is 0 Å². The molecule has 180 valence electrons. The molecule has 0 radical (unpaired) electrons. The van der Waals surface area contributed by atoms with E-state index in [9.17, 15) is 9.90 Å². The van der Waals surface area contributed by atoms with Crippen LogP contribution in [0.2, 0.25) is 0 Å². The summed E-state index contributed by atoms with van der Waals surface area (Å²) in [5, 5.41) is 18.3. The number of aromatic nitrogens is 2. The van der Waals surface area contributed by atoms with Crippen LogP contribution in [0.3, 0.4) is 0 Å². The van der Waals surface area contributed by atoms with Crippen molar-refractivity contribution in [3.05, 3.63) is 82.4 Å². The number of fused-ring (bicyclic) bond motifs is 1. The summed E-state index contributed by atoms with van der Waals surface area (Å²) in [4.78, 5) is 15.3. The van der Waals surface area contributed by atoms with Crippen molar-refractivity contribution in [2.75, 3.05) is 13.7 Å². The van der Waals surface area contributed by atoms with Crippen LogP contribution in [0.5, 0.6) is 17.2 Å². The second-order valence-electron chi connectivity index (χ2n) is 8.60. The lowest BCUT2D eigenvalue weighted by atomic mass is 9.93. The normalized spacial score (nSPS) is 14.9. The number of ether oxygens (including phenoxy) is 2. The number of amides is 1. The molecule has 1 aliphatic rings. The molecule has 0 unspecified atom stereocenters. The Hall–Kier alpha value is -4.20. The van der Waals surface area contributed by atoms with Gasteiger partial charge in [-0.3, -0.25) is 9.89 Å². The maximum atomic E-state index is 13.6. The van der Waals surface area contributed by atoms with Crippen LogP contribution in [-0.2, 0) is 6.54 Å².